The van der Waals surface area contributed by atoms with Gasteiger partial charge < -0.3 is 5.32 Å². The quantitative estimate of drug-likeness (QED) is 0.509. The van der Waals surface area contributed by atoms with E-state index in [9.17, 15) is 0 Å². The highest BCUT2D eigenvalue weighted by Crippen LogP contribution is 2.16. The summed E-state index contributed by atoms with van der Waals surface area (Å²) in [4.78, 5) is 3.98. The van der Waals surface area contributed by atoms with Gasteiger partial charge in [0.25, 0.3) is 0 Å². The Morgan fingerprint density at radius 3 is 3.14 bits per heavy atom. The van der Waals surface area contributed by atoms with Gasteiger partial charge in [0.1, 0.15) is 5.15 Å². The van der Waals surface area contributed by atoms with Gasteiger partial charge in [0.2, 0.25) is 0 Å². The van der Waals surface area contributed by atoms with E-state index in [1.807, 2.05) is 13.1 Å². The molecule has 1 rings (SSSR count). The van der Waals surface area contributed by atoms with Gasteiger partial charge in [0.15, 0.2) is 0 Å². The fourth-order valence-corrected chi connectivity index (χ4v) is 1.34. The lowest BCUT2D eigenvalue weighted by molar-refractivity contribution is 0.818. The minimum absolute atomic E-state index is 0.449. The molecule has 0 aromatic carbocycles. The Bertz CT molecular complexity index is 368. The summed E-state index contributed by atoms with van der Waals surface area (Å²) in [6.45, 7) is 0.881. The third kappa shape index (κ3) is 3.67. The van der Waals surface area contributed by atoms with Crippen molar-refractivity contribution in [3.8, 4) is 11.8 Å². The molecule has 0 radical (unpaired) electrons. The molecular weight excluding hydrogens is 263 g/mol. The van der Waals surface area contributed by atoms with Crippen LogP contribution in [0, 0.1) is 11.8 Å². The van der Waals surface area contributed by atoms with Gasteiger partial charge >= 0.3 is 0 Å². The largest absolute Gasteiger partial charge is 0.319 e. The Kier molecular flexibility index (Phi) is 4.95. The van der Waals surface area contributed by atoms with E-state index in [1.54, 1.807) is 6.20 Å². The van der Waals surface area contributed by atoms with Crippen LogP contribution in [-0.2, 0) is 0 Å². The fourth-order valence-electron chi connectivity index (χ4n) is 0.855. The Balaban J connectivity index is 2.73. The molecule has 4 heteroatoms. The van der Waals surface area contributed by atoms with Crippen molar-refractivity contribution in [2.24, 2.45) is 0 Å². The van der Waals surface area contributed by atoms with Crippen molar-refractivity contribution in [2.45, 2.75) is 6.42 Å². The zero-order valence-electron chi connectivity index (χ0n) is 7.77. The number of halogens is 2. The molecule has 14 heavy (non-hydrogen) atoms. The maximum Gasteiger partial charge on any atom is 0.144 e. The normalized spacial score (nSPS) is 9.36. The van der Waals surface area contributed by atoms with Crippen LogP contribution in [0.25, 0.3) is 0 Å². The van der Waals surface area contributed by atoms with Gasteiger partial charge in [-0.3, -0.25) is 0 Å². The van der Waals surface area contributed by atoms with Crippen LogP contribution in [0.15, 0.2) is 16.7 Å². The number of hydrogen-bond acceptors (Lipinski definition) is 2. The lowest BCUT2D eigenvalue weighted by atomic mass is 10.3. The van der Waals surface area contributed by atoms with E-state index >= 15 is 0 Å². The summed E-state index contributed by atoms with van der Waals surface area (Å²) in [5.41, 5.74) is 0.761. The summed E-state index contributed by atoms with van der Waals surface area (Å²) in [5, 5.41) is 3.47. The molecule has 2 nitrogen and oxygen atoms in total. The summed E-state index contributed by atoms with van der Waals surface area (Å²) in [7, 11) is 1.90. The van der Waals surface area contributed by atoms with Gasteiger partial charge in [-0.15, -0.1) is 0 Å². The Labute approximate surface area is 97.2 Å². The van der Waals surface area contributed by atoms with E-state index in [-0.39, 0.29) is 0 Å². The molecule has 0 aliphatic rings. The zero-order chi connectivity index (χ0) is 10.4. The summed E-state index contributed by atoms with van der Waals surface area (Å²) >= 11 is 9.18. The first-order valence-corrected chi connectivity index (χ1v) is 5.35. The smallest absolute Gasteiger partial charge is 0.144 e. The third-order valence-electron chi connectivity index (χ3n) is 1.53. The van der Waals surface area contributed by atoms with Crippen LogP contribution < -0.4 is 5.32 Å². The highest BCUT2D eigenvalue weighted by atomic mass is 79.9. The average Bonchev–Trinajstić information content (AvgIpc) is 2.18. The summed E-state index contributed by atoms with van der Waals surface area (Å²) < 4.78 is 0.889. The Morgan fingerprint density at radius 1 is 1.64 bits per heavy atom. The van der Waals surface area contributed by atoms with Crippen LogP contribution >= 0.6 is 27.5 Å². The molecule has 1 aromatic rings. The molecule has 0 fully saturated rings. The Hall–Kier alpha value is -0.560. The second kappa shape index (κ2) is 6.02. The van der Waals surface area contributed by atoms with Gasteiger partial charge in [0.05, 0.1) is 5.56 Å². The highest BCUT2D eigenvalue weighted by Gasteiger charge is 1.97. The molecule has 0 unspecified atom stereocenters. The molecule has 0 bridgehead atoms. The molecule has 0 aliphatic carbocycles. The number of aromatic nitrogens is 1. The minimum atomic E-state index is 0.449. The first-order valence-electron chi connectivity index (χ1n) is 4.18. The monoisotopic (exact) mass is 272 g/mol. The minimum Gasteiger partial charge on any atom is -0.319 e. The van der Waals surface area contributed by atoms with Crippen molar-refractivity contribution in [3.05, 3.63) is 27.5 Å². The summed E-state index contributed by atoms with van der Waals surface area (Å²) in [6, 6.07) is 1.86. The first-order chi connectivity index (χ1) is 6.74. The highest BCUT2D eigenvalue weighted by molar-refractivity contribution is 9.10. The molecule has 0 amide bonds. The molecule has 1 aromatic heterocycles. The maximum atomic E-state index is 5.86. The lowest BCUT2D eigenvalue weighted by Gasteiger charge is -1.95. The zero-order valence-corrected chi connectivity index (χ0v) is 10.1. The van der Waals surface area contributed by atoms with Gasteiger partial charge in [-0.25, -0.2) is 4.98 Å². The molecule has 0 saturated carbocycles. The topological polar surface area (TPSA) is 24.9 Å². The molecule has 1 heterocycles. The van der Waals surface area contributed by atoms with Crippen molar-refractivity contribution < 1.29 is 0 Å². The van der Waals surface area contributed by atoms with Gasteiger partial charge in [-0.05, 0) is 29.0 Å². The molecule has 74 valence electrons. The predicted octanol–water partition coefficient (Wildman–Crippen LogP) is 2.46. The number of nitrogens with one attached hydrogen (secondary N) is 1. The van der Waals surface area contributed by atoms with E-state index in [0.717, 1.165) is 23.0 Å². The summed E-state index contributed by atoms with van der Waals surface area (Å²) in [5.74, 6) is 5.99. The molecular formula is C10H10BrClN2. The number of hydrogen-bond donors (Lipinski definition) is 1. The lowest BCUT2D eigenvalue weighted by Crippen LogP contribution is -2.05. The number of pyridine rings is 1. The van der Waals surface area contributed by atoms with Gasteiger partial charge in [-0.1, -0.05) is 23.4 Å². The SMILES string of the molecule is CNCCC#Cc1cc(Br)cnc1Cl. The molecule has 0 atom stereocenters. The summed E-state index contributed by atoms with van der Waals surface area (Å²) in [6.07, 6.45) is 2.46. The van der Waals surface area contributed by atoms with Crippen molar-refractivity contribution in [1.29, 1.82) is 0 Å². The van der Waals surface area contributed by atoms with E-state index in [0.29, 0.717) is 5.15 Å². The number of nitrogens with zero attached hydrogens (tertiary/aromatic N) is 1. The van der Waals surface area contributed by atoms with Crippen LogP contribution in [0.4, 0.5) is 0 Å². The maximum absolute atomic E-state index is 5.86. The third-order valence-corrected chi connectivity index (χ3v) is 2.26. The second-order valence-corrected chi connectivity index (χ2v) is 3.92. The van der Waals surface area contributed by atoms with E-state index in [2.05, 4.69) is 38.1 Å². The number of rotatable bonds is 2. The van der Waals surface area contributed by atoms with Gasteiger partial charge in [-0.2, -0.15) is 0 Å². The Morgan fingerprint density at radius 2 is 2.43 bits per heavy atom. The first kappa shape index (κ1) is 11.5. The second-order valence-electron chi connectivity index (χ2n) is 2.65. The van der Waals surface area contributed by atoms with Crippen LogP contribution in [0.2, 0.25) is 5.15 Å². The molecule has 0 aliphatic heterocycles. The fraction of sp³-hybridized carbons (Fsp3) is 0.300. The standard InChI is InChI=1S/C10H10BrClN2/c1-13-5-3-2-4-8-6-9(11)7-14-10(8)12/h6-7,13H,3,5H2,1H3. The van der Waals surface area contributed by atoms with Crippen molar-refractivity contribution in [3.63, 3.8) is 0 Å². The van der Waals surface area contributed by atoms with Crippen LogP contribution in [0.1, 0.15) is 12.0 Å². The predicted molar refractivity (Wildman–Crippen MR) is 62.4 cm³/mol. The van der Waals surface area contributed by atoms with Crippen LogP contribution in [0.5, 0.6) is 0 Å². The van der Waals surface area contributed by atoms with E-state index in [1.165, 1.54) is 0 Å². The molecule has 0 spiro atoms. The van der Waals surface area contributed by atoms with Crippen molar-refractivity contribution >= 4 is 27.5 Å². The van der Waals surface area contributed by atoms with E-state index in [4.69, 9.17) is 11.6 Å². The molecule has 0 saturated heterocycles. The van der Waals surface area contributed by atoms with Gasteiger partial charge in [0, 0.05) is 23.6 Å². The van der Waals surface area contributed by atoms with Crippen LogP contribution in [0.3, 0.4) is 0 Å². The van der Waals surface area contributed by atoms with Crippen LogP contribution in [-0.4, -0.2) is 18.6 Å². The van der Waals surface area contributed by atoms with Crippen molar-refractivity contribution in [1.82, 2.24) is 10.3 Å². The van der Waals surface area contributed by atoms with E-state index < -0.39 is 0 Å². The molecule has 1 N–H and O–H groups in total. The van der Waals surface area contributed by atoms with Crippen molar-refractivity contribution in [2.75, 3.05) is 13.6 Å². The average molecular weight is 274 g/mol.